The maximum Gasteiger partial charge on any atom is 0.306 e. The van der Waals surface area contributed by atoms with Gasteiger partial charge in [-0.1, -0.05) is 26.0 Å². The summed E-state index contributed by atoms with van der Waals surface area (Å²) in [5, 5.41) is 0. The molecule has 1 saturated heterocycles. The van der Waals surface area contributed by atoms with Crippen LogP contribution in [0.2, 0.25) is 0 Å². The quantitative estimate of drug-likeness (QED) is 0.435. The number of rotatable bonds is 9. The van der Waals surface area contributed by atoms with Gasteiger partial charge in [0.2, 0.25) is 0 Å². The number of carbonyl (C=O) groups is 3. The fraction of sp³-hybridized carbons (Fsp3) is 0.591. The summed E-state index contributed by atoms with van der Waals surface area (Å²) in [6.07, 6.45) is 0.298. The summed E-state index contributed by atoms with van der Waals surface area (Å²) in [6.45, 7) is 7.72. The van der Waals surface area contributed by atoms with E-state index in [-0.39, 0.29) is 42.1 Å². The number of Topliss-reactive ketones (excluding diaryl/α,β-unsaturated/α-hetero) is 1. The highest BCUT2D eigenvalue weighted by atomic mass is 32.2. The largest absolute Gasteiger partial charge is 0.456 e. The summed E-state index contributed by atoms with van der Waals surface area (Å²) >= 11 is 0. The zero-order valence-corrected chi connectivity index (χ0v) is 19.0. The molecule has 8 heteroatoms. The number of sulfone groups is 1. The number of hydrogen-bond donors (Lipinski definition) is 0. The molecule has 1 amide bonds. The standard InChI is InChI=1S/C22H31NO6S/c1-15(2)12-23(19-9-10-30(27,28)14-19)21(25)13-29-22(26)8-7-20(24)18-6-5-16(3)17(4)11-18/h5-6,11,15,19H,7-10,12-14H2,1-4H3. The molecule has 0 radical (unpaired) electrons. The number of hydrogen-bond acceptors (Lipinski definition) is 6. The minimum Gasteiger partial charge on any atom is -0.456 e. The Morgan fingerprint density at radius 1 is 1.13 bits per heavy atom. The van der Waals surface area contributed by atoms with Gasteiger partial charge < -0.3 is 9.64 Å². The third kappa shape index (κ3) is 6.93. The van der Waals surface area contributed by atoms with Crippen molar-refractivity contribution in [3.05, 3.63) is 34.9 Å². The Morgan fingerprint density at radius 3 is 2.40 bits per heavy atom. The summed E-state index contributed by atoms with van der Waals surface area (Å²) < 4.78 is 28.6. The molecule has 0 spiro atoms. The van der Waals surface area contributed by atoms with E-state index < -0.39 is 28.3 Å². The molecule has 1 aromatic carbocycles. The van der Waals surface area contributed by atoms with Crippen molar-refractivity contribution in [2.24, 2.45) is 5.92 Å². The number of aryl methyl sites for hydroxylation is 2. The summed E-state index contributed by atoms with van der Waals surface area (Å²) in [7, 11) is -3.13. The Labute approximate surface area is 178 Å². The Morgan fingerprint density at radius 2 is 1.83 bits per heavy atom. The van der Waals surface area contributed by atoms with Crippen molar-refractivity contribution >= 4 is 27.5 Å². The number of esters is 1. The highest BCUT2D eigenvalue weighted by Gasteiger charge is 2.35. The van der Waals surface area contributed by atoms with Crippen LogP contribution < -0.4 is 0 Å². The lowest BCUT2D eigenvalue weighted by Gasteiger charge is -2.29. The Kier molecular flexibility index (Phi) is 8.18. The summed E-state index contributed by atoms with van der Waals surface area (Å²) in [4.78, 5) is 38.4. The van der Waals surface area contributed by atoms with Crippen LogP contribution in [0.25, 0.3) is 0 Å². The Balaban J connectivity index is 1.86. The smallest absolute Gasteiger partial charge is 0.306 e. The van der Waals surface area contributed by atoms with Crippen LogP contribution >= 0.6 is 0 Å². The summed E-state index contributed by atoms with van der Waals surface area (Å²) in [5.41, 5.74) is 2.64. The van der Waals surface area contributed by atoms with E-state index in [4.69, 9.17) is 4.74 Å². The van der Waals surface area contributed by atoms with Crippen molar-refractivity contribution in [1.82, 2.24) is 4.90 Å². The van der Waals surface area contributed by atoms with Crippen molar-refractivity contribution < 1.29 is 27.5 Å². The van der Waals surface area contributed by atoms with E-state index >= 15 is 0 Å². The second kappa shape index (κ2) is 10.2. The molecule has 7 nitrogen and oxygen atoms in total. The van der Waals surface area contributed by atoms with Crippen molar-refractivity contribution in [2.75, 3.05) is 24.7 Å². The molecule has 1 aliphatic heterocycles. The second-order valence-corrected chi connectivity index (χ2v) is 10.6. The molecule has 0 aromatic heterocycles. The van der Waals surface area contributed by atoms with Gasteiger partial charge in [0.1, 0.15) is 0 Å². The average Bonchev–Trinajstić information content (AvgIpc) is 3.03. The molecule has 1 atom stereocenters. The molecule has 30 heavy (non-hydrogen) atoms. The second-order valence-electron chi connectivity index (χ2n) is 8.38. The van der Waals surface area contributed by atoms with E-state index in [1.165, 1.54) is 4.90 Å². The van der Waals surface area contributed by atoms with Crippen molar-refractivity contribution in [2.45, 2.75) is 53.0 Å². The molecule has 1 unspecified atom stereocenters. The van der Waals surface area contributed by atoms with E-state index in [9.17, 15) is 22.8 Å². The predicted octanol–water partition coefficient (Wildman–Crippen LogP) is 2.48. The van der Waals surface area contributed by atoms with Gasteiger partial charge in [0, 0.05) is 24.6 Å². The molecule has 0 N–H and O–H groups in total. The van der Waals surface area contributed by atoms with Gasteiger partial charge in [-0.05, 0) is 43.4 Å². The van der Waals surface area contributed by atoms with Crippen LogP contribution in [-0.2, 0) is 24.2 Å². The Hall–Kier alpha value is -2.22. The third-order valence-corrected chi connectivity index (χ3v) is 7.02. The molecule has 166 valence electrons. The van der Waals surface area contributed by atoms with Gasteiger partial charge in [-0.15, -0.1) is 0 Å². The van der Waals surface area contributed by atoms with E-state index in [1.807, 2.05) is 33.8 Å². The minimum atomic E-state index is -3.13. The Bertz CT molecular complexity index is 906. The molecule has 0 saturated carbocycles. The van der Waals surface area contributed by atoms with E-state index in [2.05, 4.69) is 0 Å². The highest BCUT2D eigenvalue weighted by Crippen LogP contribution is 2.19. The topological polar surface area (TPSA) is 97.8 Å². The van der Waals surface area contributed by atoms with Crippen LogP contribution in [0, 0.1) is 19.8 Å². The minimum absolute atomic E-state index is 0.00605. The third-order valence-electron chi connectivity index (χ3n) is 5.27. The fourth-order valence-electron chi connectivity index (χ4n) is 3.44. The van der Waals surface area contributed by atoms with Gasteiger partial charge in [0.05, 0.1) is 17.9 Å². The van der Waals surface area contributed by atoms with Crippen LogP contribution in [0.4, 0.5) is 0 Å². The predicted molar refractivity (Wildman–Crippen MR) is 114 cm³/mol. The molecule has 1 aliphatic rings. The van der Waals surface area contributed by atoms with E-state index in [0.29, 0.717) is 18.5 Å². The van der Waals surface area contributed by atoms with E-state index in [0.717, 1.165) is 11.1 Å². The lowest BCUT2D eigenvalue weighted by Crippen LogP contribution is -2.45. The van der Waals surface area contributed by atoms with Crippen molar-refractivity contribution in [1.29, 1.82) is 0 Å². The number of carbonyl (C=O) groups excluding carboxylic acids is 3. The van der Waals surface area contributed by atoms with Crippen LogP contribution in [0.5, 0.6) is 0 Å². The number of ether oxygens (including phenoxy) is 1. The van der Waals surface area contributed by atoms with E-state index in [1.54, 1.807) is 12.1 Å². The van der Waals surface area contributed by atoms with Crippen LogP contribution in [-0.4, -0.2) is 61.7 Å². The zero-order chi connectivity index (χ0) is 22.5. The number of benzene rings is 1. The SMILES string of the molecule is Cc1ccc(C(=O)CCC(=O)OCC(=O)N(CC(C)C)C2CCS(=O)(=O)C2)cc1C. The average molecular weight is 438 g/mol. The number of ketones is 1. The van der Waals surface area contributed by atoms with Crippen LogP contribution in [0.15, 0.2) is 18.2 Å². The lowest BCUT2D eigenvalue weighted by atomic mass is 10.0. The molecular weight excluding hydrogens is 406 g/mol. The molecule has 2 rings (SSSR count). The fourth-order valence-corrected chi connectivity index (χ4v) is 5.17. The highest BCUT2D eigenvalue weighted by molar-refractivity contribution is 7.91. The van der Waals surface area contributed by atoms with Gasteiger partial charge in [-0.2, -0.15) is 0 Å². The van der Waals surface area contributed by atoms with Gasteiger partial charge in [0.15, 0.2) is 22.2 Å². The monoisotopic (exact) mass is 437 g/mol. The summed E-state index contributed by atoms with van der Waals surface area (Å²) in [5.74, 6) is -1.00. The normalized spacial score (nSPS) is 17.7. The van der Waals surface area contributed by atoms with Gasteiger partial charge >= 0.3 is 5.97 Å². The summed E-state index contributed by atoms with van der Waals surface area (Å²) in [6, 6.07) is 5.02. The van der Waals surface area contributed by atoms with Crippen LogP contribution in [0.1, 0.15) is 54.6 Å². The van der Waals surface area contributed by atoms with Gasteiger partial charge in [-0.25, -0.2) is 8.42 Å². The van der Waals surface area contributed by atoms with Crippen LogP contribution in [0.3, 0.4) is 0 Å². The molecule has 1 heterocycles. The molecule has 1 aromatic rings. The molecule has 0 aliphatic carbocycles. The van der Waals surface area contributed by atoms with Gasteiger partial charge in [-0.3, -0.25) is 14.4 Å². The first-order valence-electron chi connectivity index (χ1n) is 10.2. The zero-order valence-electron chi connectivity index (χ0n) is 18.1. The molecule has 1 fully saturated rings. The first-order valence-corrected chi connectivity index (χ1v) is 12.1. The maximum atomic E-state index is 12.6. The maximum absolute atomic E-state index is 12.6. The molecular formula is C22H31NO6S. The van der Waals surface area contributed by atoms with Gasteiger partial charge in [0.25, 0.3) is 5.91 Å². The first-order chi connectivity index (χ1) is 14.0. The number of amides is 1. The number of nitrogens with zero attached hydrogens (tertiary/aromatic N) is 1. The molecule has 0 bridgehead atoms. The van der Waals surface area contributed by atoms with Crippen molar-refractivity contribution in [3.8, 4) is 0 Å². The first kappa shape index (κ1) is 24.1. The van der Waals surface area contributed by atoms with Crippen molar-refractivity contribution in [3.63, 3.8) is 0 Å². The lowest BCUT2D eigenvalue weighted by molar-refractivity contribution is -0.153.